The number of likely N-dealkylation sites (tertiary alicyclic amines) is 1. The number of nitrogens with one attached hydrogen (secondary N) is 1. The van der Waals surface area contributed by atoms with E-state index < -0.39 is 0 Å². The van der Waals surface area contributed by atoms with E-state index in [4.69, 9.17) is 4.74 Å². The Morgan fingerprint density at radius 1 is 1.20 bits per heavy atom. The standard InChI is InChI=1S/C24H26N4O2/c1-3-30-20-8-7-17-5-4-10-25-23(17)22(20)24(29)28-14-16-11-18(19(28)12-16)27-21-9-6-15(2)13-26-21/h4-10,13,16,18-19H,3,11-12,14H2,1-2H3,(H,26,27). The third-order valence-electron chi connectivity index (χ3n) is 6.24. The maximum absolute atomic E-state index is 13.8. The van der Waals surface area contributed by atoms with Crippen molar-refractivity contribution < 1.29 is 9.53 Å². The van der Waals surface area contributed by atoms with E-state index in [1.54, 1.807) is 6.20 Å². The van der Waals surface area contributed by atoms with E-state index >= 15 is 0 Å². The number of benzene rings is 1. The maximum Gasteiger partial charge on any atom is 0.260 e. The van der Waals surface area contributed by atoms with Gasteiger partial charge < -0.3 is 15.0 Å². The number of ether oxygens (including phenoxy) is 1. The van der Waals surface area contributed by atoms with Gasteiger partial charge in [-0.2, -0.15) is 0 Å². The molecular formula is C24H26N4O2. The molecular weight excluding hydrogens is 376 g/mol. The van der Waals surface area contributed by atoms with E-state index in [1.165, 1.54) is 0 Å². The summed E-state index contributed by atoms with van der Waals surface area (Å²) in [6.07, 6.45) is 5.69. The van der Waals surface area contributed by atoms with Crippen LogP contribution < -0.4 is 10.1 Å². The van der Waals surface area contributed by atoms with Gasteiger partial charge in [-0.15, -0.1) is 0 Å². The molecule has 2 aliphatic rings. The highest BCUT2D eigenvalue weighted by Gasteiger charge is 2.47. The second-order valence-corrected chi connectivity index (χ2v) is 8.28. The van der Waals surface area contributed by atoms with Crippen molar-refractivity contribution in [2.75, 3.05) is 18.5 Å². The third-order valence-corrected chi connectivity index (χ3v) is 6.24. The molecule has 6 nitrogen and oxygen atoms in total. The zero-order valence-electron chi connectivity index (χ0n) is 17.3. The topological polar surface area (TPSA) is 67.3 Å². The van der Waals surface area contributed by atoms with Gasteiger partial charge in [0, 0.05) is 30.4 Å². The SMILES string of the molecule is CCOc1ccc2cccnc2c1C(=O)N1CC2CC(Nc3ccc(C)cn3)C1C2. The van der Waals surface area contributed by atoms with Crippen LogP contribution in [-0.4, -0.2) is 46.0 Å². The normalized spacial score (nSPS) is 22.5. The fraction of sp³-hybridized carbons (Fsp3) is 0.375. The Labute approximate surface area is 176 Å². The van der Waals surface area contributed by atoms with Crippen molar-refractivity contribution in [1.82, 2.24) is 14.9 Å². The van der Waals surface area contributed by atoms with Crippen LogP contribution in [0.25, 0.3) is 10.9 Å². The number of carbonyl (C=O) groups excluding carboxylic acids is 1. The molecule has 1 amide bonds. The number of carbonyl (C=O) groups is 1. The largest absolute Gasteiger partial charge is 0.493 e. The van der Waals surface area contributed by atoms with Crippen LogP contribution in [0.15, 0.2) is 48.8 Å². The molecule has 0 spiro atoms. The summed E-state index contributed by atoms with van der Waals surface area (Å²) in [4.78, 5) is 24.8. The molecule has 1 aliphatic heterocycles. The van der Waals surface area contributed by atoms with Crippen LogP contribution in [0.2, 0.25) is 0 Å². The van der Waals surface area contributed by atoms with Crippen molar-refractivity contribution in [3.8, 4) is 5.75 Å². The zero-order valence-corrected chi connectivity index (χ0v) is 17.3. The van der Waals surface area contributed by atoms with E-state index in [0.29, 0.717) is 29.4 Å². The van der Waals surface area contributed by atoms with Crippen molar-refractivity contribution in [3.63, 3.8) is 0 Å². The number of hydrogen-bond donors (Lipinski definition) is 1. The summed E-state index contributed by atoms with van der Waals surface area (Å²) in [6.45, 7) is 5.26. The minimum Gasteiger partial charge on any atom is -0.493 e. The van der Waals surface area contributed by atoms with Gasteiger partial charge in [0.2, 0.25) is 0 Å². The van der Waals surface area contributed by atoms with Gasteiger partial charge in [-0.3, -0.25) is 9.78 Å². The summed E-state index contributed by atoms with van der Waals surface area (Å²) in [5.74, 6) is 2.01. The van der Waals surface area contributed by atoms with Crippen LogP contribution in [0.3, 0.4) is 0 Å². The first-order chi connectivity index (χ1) is 14.6. The summed E-state index contributed by atoms with van der Waals surface area (Å²) in [5, 5.41) is 4.51. The summed E-state index contributed by atoms with van der Waals surface area (Å²) >= 11 is 0. The van der Waals surface area contributed by atoms with Crippen LogP contribution in [0.5, 0.6) is 5.75 Å². The Balaban J connectivity index is 1.45. The highest BCUT2D eigenvalue weighted by molar-refractivity contribution is 6.08. The molecule has 3 unspecified atom stereocenters. The first-order valence-corrected chi connectivity index (χ1v) is 10.6. The van der Waals surface area contributed by atoms with Gasteiger partial charge in [0.15, 0.2) is 0 Å². The second-order valence-electron chi connectivity index (χ2n) is 8.28. The molecule has 3 heterocycles. The molecule has 1 aromatic carbocycles. The molecule has 1 aliphatic carbocycles. The lowest BCUT2D eigenvalue weighted by molar-refractivity contribution is 0.0690. The van der Waals surface area contributed by atoms with E-state index in [2.05, 4.69) is 21.4 Å². The van der Waals surface area contributed by atoms with Crippen molar-refractivity contribution in [2.24, 2.45) is 5.92 Å². The number of aromatic nitrogens is 2. The Hall–Kier alpha value is -3.15. The van der Waals surface area contributed by atoms with Crippen LogP contribution in [0.4, 0.5) is 5.82 Å². The molecule has 3 atom stereocenters. The second kappa shape index (κ2) is 7.59. The smallest absolute Gasteiger partial charge is 0.260 e. The molecule has 0 radical (unpaired) electrons. The van der Waals surface area contributed by atoms with Gasteiger partial charge >= 0.3 is 0 Å². The quantitative estimate of drug-likeness (QED) is 0.697. The maximum atomic E-state index is 13.8. The fourth-order valence-corrected chi connectivity index (χ4v) is 4.91. The molecule has 154 valence electrons. The number of nitrogens with zero attached hydrogens (tertiary/aromatic N) is 3. The Kier molecular flexibility index (Phi) is 4.77. The van der Waals surface area contributed by atoms with E-state index in [9.17, 15) is 4.79 Å². The summed E-state index contributed by atoms with van der Waals surface area (Å²) < 4.78 is 5.83. The number of hydrogen-bond acceptors (Lipinski definition) is 5. The number of fused-ring (bicyclic) bond motifs is 3. The molecule has 2 aromatic heterocycles. The monoisotopic (exact) mass is 402 g/mol. The lowest BCUT2D eigenvalue weighted by atomic mass is 10.0. The molecule has 1 N–H and O–H groups in total. The molecule has 30 heavy (non-hydrogen) atoms. The van der Waals surface area contributed by atoms with Crippen molar-refractivity contribution >= 4 is 22.6 Å². The predicted molar refractivity (Wildman–Crippen MR) is 117 cm³/mol. The Bertz CT molecular complexity index is 1080. The average molecular weight is 402 g/mol. The minimum absolute atomic E-state index is 0.0126. The molecule has 5 rings (SSSR count). The molecule has 2 bridgehead atoms. The van der Waals surface area contributed by atoms with Crippen LogP contribution in [0.1, 0.15) is 35.7 Å². The minimum atomic E-state index is 0.0126. The van der Waals surface area contributed by atoms with Gasteiger partial charge in [0.25, 0.3) is 5.91 Å². The summed E-state index contributed by atoms with van der Waals surface area (Å²) in [6, 6.07) is 12.2. The van der Waals surface area contributed by atoms with E-state index in [-0.39, 0.29) is 18.0 Å². The summed E-state index contributed by atoms with van der Waals surface area (Å²) in [7, 11) is 0. The fourth-order valence-electron chi connectivity index (χ4n) is 4.91. The first kappa shape index (κ1) is 18.9. The lowest BCUT2D eigenvalue weighted by Crippen LogP contribution is -2.48. The van der Waals surface area contributed by atoms with Crippen molar-refractivity contribution in [3.05, 3.63) is 59.9 Å². The number of pyridine rings is 2. The Morgan fingerprint density at radius 2 is 2.10 bits per heavy atom. The van der Waals surface area contributed by atoms with Gasteiger partial charge in [-0.05, 0) is 62.4 Å². The number of anilines is 1. The lowest BCUT2D eigenvalue weighted by Gasteiger charge is -2.34. The molecule has 1 saturated heterocycles. The number of piperidine rings is 1. The summed E-state index contributed by atoms with van der Waals surface area (Å²) in [5.41, 5.74) is 2.42. The molecule has 2 fully saturated rings. The van der Waals surface area contributed by atoms with E-state index in [0.717, 1.165) is 36.2 Å². The highest BCUT2D eigenvalue weighted by atomic mass is 16.5. The highest BCUT2D eigenvalue weighted by Crippen LogP contribution is 2.41. The predicted octanol–water partition coefficient (Wildman–Crippen LogP) is 4.05. The average Bonchev–Trinajstić information content (AvgIpc) is 3.36. The van der Waals surface area contributed by atoms with Crippen LogP contribution in [-0.2, 0) is 0 Å². The van der Waals surface area contributed by atoms with E-state index in [1.807, 2.05) is 55.3 Å². The van der Waals surface area contributed by atoms with Crippen LogP contribution in [0, 0.1) is 12.8 Å². The molecule has 1 saturated carbocycles. The first-order valence-electron chi connectivity index (χ1n) is 10.6. The van der Waals surface area contributed by atoms with Gasteiger partial charge in [-0.1, -0.05) is 12.1 Å². The molecule has 6 heteroatoms. The van der Waals surface area contributed by atoms with Gasteiger partial charge in [0.1, 0.15) is 17.1 Å². The number of rotatable bonds is 5. The Morgan fingerprint density at radius 3 is 2.87 bits per heavy atom. The van der Waals surface area contributed by atoms with Crippen molar-refractivity contribution in [1.29, 1.82) is 0 Å². The molecule has 3 aromatic rings. The van der Waals surface area contributed by atoms with Gasteiger partial charge in [0.05, 0.1) is 18.2 Å². The van der Waals surface area contributed by atoms with Crippen LogP contribution >= 0.6 is 0 Å². The van der Waals surface area contributed by atoms with Gasteiger partial charge in [-0.25, -0.2) is 4.98 Å². The zero-order chi connectivity index (χ0) is 20.7. The third kappa shape index (κ3) is 3.26. The van der Waals surface area contributed by atoms with Crippen molar-refractivity contribution in [2.45, 2.75) is 38.8 Å². The number of aryl methyl sites for hydroxylation is 1. The number of amides is 1.